The van der Waals surface area contributed by atoms with Gasteiger partial charge in [0.25, 0.3) is 0 Å². The van der Waals surface area contributed by atoms with Crippen molar-refractivity contribution in [2.24, 2.45) is 10.9 Å². The van der Waals surface area contributed by atoms with E-state index in [2.05, 4.69) is 38.1 Å². The fourth-order valence-electron chi connectivity index (χ4n) is 4.99. The second kappa shape index (κ2) is 6.88. The summed E-state index contributed by atoms with van der Waals surface area (Å²) in [7, 11) is 0. The largest absolute Gasteiger partial charge is 0.446 e. The molecule has 1 aliphatic carbocycles. The zero-order valence-corrected chi connectivity index (χ0v) is 15.9. The highest BCUT2D eigenvalue weighted by molar-refractivity contribution is 5.76. The molecule has 0 radical (unpaired) electrons. The number of β-amino-alcohol motifs (C(OH)–C–C–N with tert-alkyl or cyclic N) is 1. The lowest BCUT2D eigenvalue weighted by Gasteiger charge is -2.26. The number of aliphatic imine (C=N–C) groups is 1. The molecule has 1 aromatic heterocycles. The standard InChI is InChI=1S/C19H26N6O3/c1-2-11-7-13(28-19(27)24-6-4-12(26)10-24)8-14(11)18-23-22-16-9-21-17-15(25(16)18)3-5-20-17/h3,5,9,11-15,17,20,26H,2,4,6-8,10H2,1H3/t11-,12-,13+,14+,15?,17?/m1/s1. The molecule has 6 atom stereocenters. The van der Waals surface area contributed by atoms with E-state index in [1.54, 1.807) is 11.1 Å². The van der Waals surface area contributed by atoms with Crippen LogP contribution >= 0.6 is 0 Å². The molecule has 0 bridgehead atoms. The zero-order chi connectivity index (χ0) is 19.3. The summed E-state index contributed by atoms with van der Waals surface area (Å²) >= 11 is 0. The average molecular weight is 386 g/mol. The number of aliphatic hydroxyl groups is 1. The highest BCUT2D eigenvalue weighted by atomic mass is 16.6. The monoisotopic (exact) mass is 386 g/mol. The summed E-state index contributed by atoms with van der Waals surface area (Å²) in [5, 5.41) is 21.8. The Balaban J connectivity index is 1.34. The molecule has 2 N–H and O–H groups in total. The average Bonchev–Trinajstić information content (AvgIpc) is 3.45. The van der Waals surface area contributed by atoms with Crippen LogP contribution in [-0.4, -0.2) is 68.5 Å². The van der Waals surface area contributed by atoms with Crippen molar-refractivity contribution in [3.05, 3.63) is 23.9 Å². The molecule has 1 saturated heterocycles. The summed E-state index contributed by atoms with van der Waals surface area (Å²) in [6.07, 6.45) is 8.16. The minimum Gasteiger partial charge on any atom is -0.446 e. The van der Waals surface area contributed by atoms with Crippen LogP contribution in [0.3, 0.4) is 0 Å². The van der Waals surface area contributed by atoms with Crippen molar-refractivity contribution >= 4 is 12.3 Å². The number of nitrogens with zero attached hydrogens (tertiary/aromatic N) is 5. The van der Waals surface area contributed by atoms with Gasteiger partial charge in [0.05, 0.1) is 18.4 Å². The number of hydrogen-bond acceptors (Lipinski definition) is 7. The minimum atomic E-state index is -0.433. The molecule has 1 aromatic rings. The van der Waals surface area contributed by atoms with Crippen LogP contribution in [0.5, 0.6) is 0 Å². The first-order valence-electron chi connectivity index (χ1n) is 10.2. The van der Waals surface area contributed by atoms with Gasteiger partial charge in [-0.25, -0.2) is 4.79 Å². The van der Waals surface area contributed by atoms with Gasteiger partial charge in [0.2, 0.25) is 0 Å². The second-order valence-electron chi connectivity index (χ2n) is 8.17. The van der Waals surface area contributed by atoms with Gasteiger partial charge in [0, 0.05) is 19.0 Å². The third kappa shape index (κ3) is 2.88. The smallest absolute Gasteiger partial charge is 0.410 e. The summed E-state index contributed by atoms with van der Waals surface area (Å²) in [4.78, 5) is 18.5. The summed E-state index contributed by atoms with van der Waals surface area (Å²) in [5.41, 5.74) is 0. The molecule has 150 valence electrons. The third-order valence-electron chi connectivity index (χ3n) is 6.48. The molecular weight excluding hydrogens is 360 g/mol. The maximum atomic E-state index is 12.4. The summed E-state index contributed by atoms with van der Waals surface area (Å²) in [6.45, 7) is 3.10. The van der Waals surface area contributed by atoms with Crippen LogP contribution in [0.15, 0.2) is 17.3 Å². The lowest BCUT2D eigenvalue weighted by molar-refractivity contribution is 0.0651. The number of carbonyl (C=O) groups is 1. The first-order valence-corrected chi connectivity index (χ1v) is 10.2. The number of ether oxygens (including phenoxy) is 1. The fourth-order valence-corrected chi connectivity index (χ4v) is 4.99. The summed E-state index contributed by atoms with van der Waals surface area (Å²) in [6, 6.07) is 0.0928. The zero-order valence-electron chi connectivity index (χ0n) is 15.9. The van der Waals surface area contributed by atoms with E-state index >= 15 is 0 Å². The van der Waals surface area contributed by atoms with Gasteiger partial charge in [-0.2, -0.15) is 0 Å². The Labute approximate surface area is 163 Å². The van der Waals surface area contributed by atoms with Crippen LogP contribution in [0, 0.1) is 5.92 Å². The first-order chi connectivity index (χ1) is 13.6. The van der Waals surface area contributed by atoms with Gasteiger partial charge < -0.3 is 20.1 Å². The molecule has 1 saturated carbocycles. The number of rotatable bonds is 3. The second-order valence-corrected chi connectivity index (χ2v) is 8.17. The predicted molar refractivity (Wildman–Crippen MR) is 101 cm³/mol. The normalized spacial score (nSPS) is 35.7. The Bertz CT molecular complexity index is 821. The molecule has 5 rings (SSSR count). The van der Waals surface area contributed by atoms with Crippen LogP contribution in [0.1, 0.15) is 56.2 Å². The van der Waals surface area contributed by atoms with Gasteiger partial charge >= 0.3 is 6.09 Å². The Morgan fingerprint density at radius 3 is 3.07 bits per heavy atom. The van der Waals surface area contributed by atoms with Crippen molar-refractivity contribution in [3.63, 3.8) is 0 Å². The Kier molecular flexibility index (Phi) is 4.34. The van der Waals surface area contributed by atoms with E-state index in [0.29, 0.717) is 25.4 Å². The van der Waals surface area contributed by atoms with E-state index in [4.69, 9.17) is 4.74 Å². The highest BCUT2D eigenvalue weighted by Crippen LogP contribution is 2.44. The maximum absolute atomic E-state index is 12.4. The van der Waals surface area contributed by atoms with Crippen molar-refractivity contribution in [3.8, 4) is 0 Å². The summed E-state index contributed by atoms with van der Waals surface area (Å²) in [5.74, 6) is 2.35. The Hall–Kier alpha value is -2.42. The van der Waals surface area contributed by atoms with E-state index in [9.17, 15) is 9.90 Å². The quantitative estimate of drug-likeness (QED) is 0.808. The predicted octanol–water partition coefficient (Wildman–Crippen LogP) is 1.17. The van der Waals surface area contributed by atoms with E-state index in [1.165, 1.54) is 0 Å². The summed E-state index contributed by atoms with van der Waals surface area (Å²) < 4.78 is 7.98. The van der Waals surface area contributed by atoms with Gasteiger partial charge in [-0.1, -0.05) is 13.3 Å². The van der Waals surface area contributed by atoms with Crippen molar-refractivity contribution in [2.75, 3.05) is 13.1 Å². The molecule has 2 unspecified atom stereocenters. The molecule has 0 spiro atoms. The van der Waals surface area contributed by atoms with Gasteiger partial charge in [-0.15, -0.1) is 10.2 Å². The van der Waals surface area contributed by atoms with Crippen molar-refractivity contribution in [1.82, 2.24) is 25.0 Å². The van der Waals surface area contributed by atoms with Gasteiger partial charge in [-0.05, 0) is 37.5 Å². The Morgan fingerprint density at radius 1 is 1.39 bits per heavy atom. The molecule has 28 heavy (non-hydrogen) atoms. The number of fused-ring (bicyclic) bond motifs is 3. The van der Waals surface area contributed by atoms with Crippen molar-refractivity contribution in [1.29, 1.82) is 0 Å². The van der Waals surface area contributed by atoms with Gasteiger partial charge in [0.1, 0.15) is 18.1 Å². The van der Waals surface area contributed by atoms with E-state index in [0.717, 1.165) is 30.9 Å². The molecular formula is C19H26N6O3. The number of carbonyl (C=O) groups excluding carboxylic acids is 1. The number of aliphatic hydroxyl groups excluding tert-OH is 1. The fraction of sp³-hybridized carbons (Fsp3) is 0.684. The van der Waals surface area contributed by atoms with Crippen LogP contribution in [0.2, 0.25) is 0 Å². The van der Waals surface area contributed by atoms with Crippen molar-refractivity contribution < 1.29 is 14.6 Å². The van der Waals surface area contributed by atoms with E-state index in [1.807, 2.05) is 6.20 Å². The van der Waals surface area contributed by atoms with E-state index < -0.39 is 6.10 Å². The Morgan fingerprint density at radius 2 is 2.29 bits per heavy atom. The minimum absolute atomic E-state index is 0.000974. The van der Waals surface area contributed by atoms with Gasteiger partial charge in [0.15, 0.2) is 5.82 Å². The topological polar surface area (TPSA) is 105 Å². The number of amides is 1. The lowest BCUT2D eigenvalue weighted by atomic mass is 9.92. The molecule has 3 aliphatic heterocycles. The molecule has 4 heterocycles. The molecule has 9 heteroatoms. The number of nitrogens with one attached hydrogen (secondary N) is 1. The van der Waals surface area contributed by atoms with Crippen LogP contribution in [-0.2, 0) is 4.74 Å². The maximum Gasteiger partial charge on any atom is 0.410 e. The lowest BCUT2D eigenvalue weighted by Crippen LogP contribution is -2.33. The van der Waals surface area contributed by atoms with Crippen LogP contribution in [0.25, 0.3) is 0 Å². The van der Waals surface area contributed by atoms with E-state index in [-0.39, 0.29) is 30.3 Å². The molecule has 1 amide bonds. The molecule has 0 aromatic carbocycles. The number of likely N-dealkylation sites (tertiary alicyclic amines) is 1. The first kappa shape index (κ1) is 17.7. The van der Waals surface area contributed by atoms with Crippen LogP contribution < -0.4 is 5.32 Å². The number of hydrogen-bond donors (Lipinski definition) is 2. The number of aromatic nitrogens is 3. The van der Waals surface area contributed by atoms with Crippen LogP contribution in [0.4, 0.5) is 4.79 Å². The molecule has 9 nitrogen and oxygen atoms in total. The molecule has 4 aliphatic rings. The SMILES string of the molecule is CC[C@@H]1C[C@H](OC(=O)N2CC[C@@H](O)C2)C[C@@H]1c1nnc2n1C1C=CNC1N=C2. The molecule has 2 fully saturated rings. The third-order valence-corrected chi connectivity index (χ3v) is 6.48. The van der Waals surface area contributed by atoms with Crippen molar-refractivity contribution in [2.45, 2.75) is 62.9 Å². The highest BCUT2D eigenvalue weighted by Gasteiger charge is 2.42. The van der Waals surface area contributed by atoms with Gasteiger partial charge in [-0.3, -0.25) is 9.56 Å².